The molecule has 28 heavy (non-hydrogen) atoms. The van der Waals surface area contributed by atoms with Crippen molar-refractivity contribution in [1.82, 2.24) is 0 Å². The van der Waals surface area contributed by atoms with Crippen molar-refractivity contribution in [2.24, 2.45) is 0 Å². The molecule has 1 N–H and O–H groups in total. The van der Waals surface area contributed by atoms with Crippen molar-refractivity contribution in [3.8, 4) is 16.9 Å². The second kappa shape index (κ2) is 7.19. The van der Waals surface area contributed by atoms with Crippen molar-refractivity contribution in [2.45, 2.75) is 12.8 Å². The molecule has 0 fully saturated rings. The number of esters is 1. The molecule has 0 bridgehead atoms. The van der Waals surface area contributed by atoms with Gasteiger partial charge in [-0.05, 0) is 46.5 Å². The zero-order valence-corrected chi connectivity index (χ0v) is 15.3. The standard InChI is InChI=1S/C23H18O5/c1-27-20(24)11-10-16-12-14-6-2-3-7-15(14)13-18(16)21-22(25)17-8-4-5-9-19(17)28-23(21)26/h2-9,12-13,25H,10-11H2,1H3. The van der Waals surface area contributed by atoms with Gasteiger partial charge < -0.3 is 14.3 Å². The first-order chi connectivity index (χ1) is 13.6. The van der Waals surface area contributed by atoms with Gasteiger partial charge in [-0.1, -0.05) is 42.5 Å². The lowest BCUT2D eigenvalue weighted by molar-refractivity contribution is -0.140. The van der Waals surface area contributed by atoms with Crippen LogP contribution in [-0.4, -0.2) is 18.2 Å². The maximum Gasteiger partial charge on any atom is 0.347 e. The first-order valence-corrected chi connectivity index (χ1v) is 8.92. The smallest absolute Gasteiger partial charge is 0.347 e. The summed E-state index contributed by atoms with van der Waals surface area (Å²) in [5.74, 6) is -0.463. The van der Waals surface area contributed by atoms with E-state index >= 15 is 0 Å². The molecular weight excluding hydrogens is 356 g/mol. The van der Waals surface area contributed by atoms with E-state index in [2.05, 4.69) is 0 Å². The molecule has 0 aliphatic rings. The summed E-state index contributed by atoms with van der Waals surface area (Å²) in [5.41, 5.74) is 1.13. The Balaban J connectivity index is 1.98. The fourth-order valence-electron chi connectivity index (χ4n) is 3.44. The largest absolute Gasteiger partial charge is 0.506 e. The topological polar surface area (TPSA) is 76.7 Å². The Morgan fingerprint density at radius 1 is 1.04 bits per heavy atom. The third-order valence-electron chi connectivity index (χ3n) is 4.85. The Bertz CT molecular complexity index is 1250. The monoisotopic (exact) mass is 374 g/mol. The molecule has 0 saturated carbocycles. The first kappa shape index (κ1) is 17.8. The summed E-state index contributed by atoms with van der Waals surface area (Å²) < 4.78 is 10.2. The molecule has 0 atom stereocenters. The fourth-order valence-corrected chi connectivity index (χ4v) is 3.44. The number of hydrogen-bond donors (Lipinski definition) is 1. The average molecular weight is 374 g/mol. The van der Waals surface area contributed by atoms with Crippen molar-refractivity contribution < 1.29 is 19.1 Å². The number of para-hydroxylation sites is 1. The van der Waals surface area contributed by atoms with Gasteiger partial charge in [0, 0.05) is 6.42 Å². The van der Waals surface area contributed by atoms with E-state index in [0.717, 1.165) is 16.3 Å². The van der Waals surface area contributed by atoms with Crippen molar-refractivity contribution in [2.75, 3.05) is 7.11 Å². The first-order valence-electron chi connectivity index (χ1n) is 8.92. The van der Waals surface area contributed by atoms with Crippen molar-refractivity contribution >= 4 is 27.7 Å². The molecule has 5 nitrogen and oxygen atoms in total. The number of aromatic hydroxyl groups is 1. The Morgan fingerprint density at radius 2 is 1.71 bits per heavy atom. The molecule has 140 valence electrons. The van der Waals surface area contributed by atoms with Crippen LogP contribution in [0, 0.1) is 0 Å². The van der Waals surface area contributed by atoms with Crippen LogP contribution >= 0.6 is 0 Å². The number of methoxy groups -OCH3 is 1. The molecule has 0 aliphatic heterocycles. The van der Waals surface area contributed by atoms with E-state index in [1.807, 2.05) is 36.4 Å². The zero-order chi connectivity index (χ0) is 19.7. The fraction of sp³-hybridized carbons (Fsp3) is 0.130. The van der Waals surface area contributed by atoms with Gasteiger partial charge in [-0.3, -0.25) is 4.79 Å². The van der Waals surface area contributed by atoms with Gasteiger partial charge in [0.1, 0.15) is 16.9 Å². The van der Waals surface area contributed by atoms with Gasteiger partial charge in [-0.15, -0.1) is 0 Å². The highest BCUT2D eigenvalue weighted by molar-refractivity contribution is 5.95. The van der Waals surface area contributed by atoms with Crippen LogP contribution in [0.25, 0.3) is 32.9 Å². The third-order valence-corrected chi connectivity index (χ3v) is 4.85. The number of aryl methyl sites for hydroxylation is 1. The molecule has 1 heterocycles. The molecule has 4 aromatic rings. The summed E-state index contributed by atoms with van der Waals surface area (Å²) >= 11 is 0. The van der Waals surface area contributed by atoms with Crippen LogP contribution < -0.4 is 5.63 Å². The zero-order valence-electron chi connectivity index (χ0n) is 15.3. The van der Waals surface area contributed by atoms with Crippen LogP contribution in [-0.2, 0) is 16.0 Å². The molecule has 3 aromatic carbocycles. The number of carbonyl (C=O) groups excluding carboxylic acids is 1. The normalized spacial score (nSPS) is 11.0. The number of ether oxygens (including phenoxy) is 1. The highest BCUT2D eigenvalue weighted by atomic mass is 16.5. The minimum atomic E-state index is -0.620. The number of rotatable bonds is 4. The van der Waals surface area contributed by atoms with Crippen molar-refractivity contribution in [1.29, 1.82) is 0 Å². The van der Waals surface area contributed by atoms with Gasteiger partial charge in [-0.25, -0.2) is 4.79 Å². The Kier molecular flexibility index (Phi) is 4.57. The summed E-state index contributed by atoms with van der Waals surface area (Å²) in [6.45, 7) is 0. The maximum absolute atomic E-state index is 12.7. The SMILES string of the molecule is COC(=O)CCc1cc2ccccc2cc1-c1c(O)c2ccccc2oc1=O. The predicted octanol–water partition coefficient (Wildman–Crippen LogP) is 4.42. The summed E-state index contributed by atoms with van der Waals surface area (Å²) in [5, 5.41) is 13.2. The van der Waals surface area contributed by atoms with Crippen LogP contribution in [0.2, 0.25) is 0 Å². The minimum absolute atomic E-state index is 0.101. The van der Waals surface area contributed by atoms with Crippen molar-refractivity contribution in [3.63, 3.8) is 0 Å². The lowest BCUT2D eigenvalue weighted by Gasteiger charge is -2.13. The third kappa shape index (κ3) is 3.11. The molecule has 0 saturated heterocycles. The van der Waals surface area contributed by atoms with Crippen molar-refractivity contribution in [3.05, 3.63) is 76.6 Å². The molecule has 0 spiro atoms. The average Bonchev–Trinajstić information content (AvgIpc) is 2.71. The van der Waals surface area contributed by atoms with E-state index in [0.29, 0.717) is 23.0 Å². The predicted molar refractivity (Wildman–Crippen MR) is 107 cm³/mol. The summed E-state index contributed by atoms with van der Waals surface area (Å²) in [6, 6.07) is 18.4. The number of fused-ring (bicyclic) bond motifs is 2. The molecule has 0 unspecified atom stereocenters. The molecule has 1 aromatic heterocycles. The van der Waals surface area contributed by atoms with E-state index in [9.17, 15) is 14.7 Å². The van der Waals surface area contributed by atoms with Crippen LogP contribution in [0.1, 0.15) is 12.0 Å². The van der Waals surface area contributed by atoms with Crippen LogP contribution in [0.15, 0.2) is 69.9 Å². The quantitative estimate of drug-likeness (QED) is 0.423. The number of hydrogen-bond acceptors (Lipinski definition) is 5. The molecule has 4 rings (SSSR count). The van der Waals surface area contributed by atoms with Crippen LogP contribution in [0.3, 0.4) is 0 Å². The van der Waals surface area contributed by atoms with Gasteiger partial charge in [0.05, 0.1) is 12.5 Å². The van der Waals surface area contributed by atoms with E-state index in [-0.39, 0.29) is 23.7 Å². The van der Waals surface area contributed by atoms with Gasteiger partial charge >= 0.3 is 11.6 Å². The summed E-state index contributed by atoms with van der Waals surface area (Å²) in [6.07, 6.45) is 0.542. The Morgan fingerprint density at radius 3 is 2.46 bits per heavy atom. The molecule has 0 amide bonds. The Labute approximate surface area is 160 Å². The van der Waals surface area contributed by atoms with Crippen LogP contribution in [0.5, 0.6) is 5.75 Å². The minimum Gasteiger partial charge on any atom is -0.506 e. The lowest BCUT2D eigenvalue weighted by atomic mass is 9.93. The highest BCUT2D eigenvalue weighted by Gasteiger charge is 2.19. The van der Waals surface area contributed by atoms with E-state index < -0.39 is 5.63 Å². The summed E-state index contributed by atoms with van der Waals surface area (Å²) in [4.78, 5) is 24.4. The van der Waals surface area contributed by atoms with E-state index in [1.165, 1.54) is 7.11 Å². The maximum atomic E-state index is 12.7. The lowest BCUT2D eigenvalue weighted by Crippen LogP contribution is -2.07. The molecule has 5 heteroatoms. The summed E-state index contributed by atoms with van der Waals surface area (Å²) in [7, 11) is 1.34. The second-order valence-corrected chi connectivity index (χ2v) is 6.54. The van der Waals surface area contributed by atoms with E-state index in [4.69, 9.17) is 9.15 Å². The number of carbonyl (C=O) groups is 1. The highest BCUT2D eigenvalue weighted by Crippen LogP contribution is 2.36. The van der Waals surface area contributed by atoms with Crippen LogP contribution in [0.4, 0.5) is 0 Å². The van der Waals surface area contributed by atoms with E-state index in [1.54, 1.807) is 24.3 Å². The van der Waals surface area contributed by atoms with Gasteiger partial charge in [0.2, 0.25) is 0 Å². The Hall–Kier alpha value is -3.60. The van der Waals surface area contributed by atoms with Gasteiger partial charge in [0.25, 0.3) is 0 Å². The molecule has 0 radical (unpaired) electrons. The molecule has 0 aliphatic carbocycles. The second-order valence-electron chi connectivity index (χ2n) is 6.54. The van der Waals surface area contributed by atoms with Gasteiger partial charge in [-0.2, -0.15) is 0 Å². The van der Waals surface area contributed by atoms with Gasteiger partial charge in [0.15, 0.2) is 0 Å². The number of benzene rings is 3. The molecular formula is C23H18O5.